The van der Waals surface area contributed by atoms with Gasteiger partial charge in [-0.15, -0.1) is 0 Å². The van der Waals surface area contributed by atoms with Crippen molar-refractivity contribution in [3.05, 3.63) is 29.6 Å². The minimum absolute atomic E-state index is 0.00320. The number of nitrogens with zero attached hydrogens (tertiary/aromatic N) is 1. The predicted octanol–water partition coefficient (Wildman–Crippen LogP) is 2.83. The van der Waals surface area contributed by atoms with Crippen LogP contribution >= 0.6 is 0 Å². The lowest BCUT2D eigenvalue weighted by Gasteiger charge is -2.34. The maximum atomic E-state index is 14.2. The Morgan fingerprint density at radius 2 is 1.95 bits per heavy atom. The fraction of sp³-hybridized carbons (Fsp3) is 0.600. The molecular weight excluding hydrogens is 243 g/mol. The van der Waals surface area contributed by atoms with Gasteiger partial charge < -0.3 is 15.7 Å². The Bertz CT molecular complexity index is 392. The summed E-state index contributed by atoms with van der Waals surface area (Å²) in [7, 11) is 0. The van der Waals surface area contributed by atoms with Gasteiger partial charge in [0.1, 0.15) is 5.82 Å². The van der Waals surface area contributed by atoms with E-state index in [9.17, 15) is 9.50 Å². The molecule has 0 aromatic heterocycles. The number of anilines is 1. The van der Waals surface area contributed by atoms with E-state index in [-0.39, 0.29) is 24.5 Å². The van der Waals surface area contributed by atoms with Crippen molar-refractivity contribution in [1.82, 2.24) is 0 Å². The van der Waals surface area contributed by atoms with Gasteiger partial charge in [0.05, 0.1) is 12.3 Å². The smallest absolute Gasteiger partial charge is 0.146 e. The SMILES string of the molecule is CCC(CC)N(CCO)c1c(F)cccc1C(C)N. The molecule has 0 aliphatic heterocycles. The Hall–Kier alpha value is -1.13. The number of hydrogen-bond donors (Lipinski definition) is 2. The van der Waals surface area contributed by atoms with E-state index in [2.05, 4.69) is 13.8 Å². The standard InChI is InChI=1S/C15H25FN2O/c1-4-12(5-2)18(9-10-19)15-13(11(3)17)7-6-8-14(15)16/h6-8,11-12,19H,4-5,9-10,17H2,1-3H3. The van der Waals surface area contributed by atoms with Crippen LogP contribution in [0.1, 0.15) is 45.2 Å². The fourth-order valence-electron chi connectivity index (χ4n) is 2.52. The van der Waals surface area contributed by atoms with Crippen LogP contribution in [0, 0.1) is 5.82 Å². The van der Waals surface area contributed by atoms with Crippen LogP contribution in [-0.4, -0.2) is 24.3 Å². The Labute approximate surface area is 115 Å². The summed E-state index contributed by atoms with van der Waals surface area (Å²) in [6.07, 6.45) is 1.81. The topological polar surface area (TPSA) is 49.5 Å². The molecule has 0 radical (unpaired) electrons. The van der Waals surface area contributed by atoms with Gasteiger partial charge in [-0.3, -0.25) is 0 Å². The third kappa shape index (κ3) is 3.67. The van der Waals surface area contributed by atoms with Gasteiger partial charge in [0, 0.05) is 18.6 Å². The molecular formula is C15H25FN2O. The molecule has 1 unspecified atom stereocenters. The summed E-state index contributed by atoms with van der Waals surface area (Å²) in [4.78, 5) is 1.95. The van der Waals surface area contributed by atoms with Crippen LogP contribution in [0.15, 0.2) is 18.2 Å². The number of halogens is 1. The van der Waals surface area contributed by atoms with E-state index in [1.165, 1.54) is 6.07 Å². The van der Waals surface area contributed by atoms with Crippen molar-refractivity contribution in [2.24, 2.45) is 5.73 Å². The number of benzene rings is 1. The van der Waals surface area contributed by atoms with E-state index >= 15 is 0 Å². The molecule has 3 N–H and O–H groups in total. The van der Waals surface area contributed by atoms with Crippen LogP contribution in [0.4, 0.5) is 10.1 Å². The van der Waals surface area contributed by atoms with E-state index in [1.807, 2.05) is 17.9 Å². The van der Waals surface area contributed by atoms with Gasteiger partial charge in [-0.2, -0.15) is 0 Å². The van der Waals surface area contributed by atoms with E-state index in [0.29, 0.717) is 12.2 Å². The quantitative estimate of drug-likeness (QED) is 0.799. The molecule has 19 heavy (non-hydrogen) atoms. The molecule has 0 aliphatic carbocycles. The first-order chi connectivity index (χ1) is 9.06. The molecule has 0 aliphatic rings. The summed E-state index contributed by atoms with van der Waals surface area (Å²) in [5, 5.41) is 9.26. The lowest BCUT2D eigenvalue weighted by molar-refractivity contribution is 0.295. The second kappa shape index (κ2) is 7.46. The average molecular weight is 268 g/mol. The Morgan fingerprint density at radius 1 is 1.32 bits per heavy atom. The summed E-state index contributed by atoms with van der Waals surface area (Å²) in [6, 6.07) is 4.97. The molecule has 0 saturated heterocycles. The van der Waals surface area contributed by atoms with E-state index in [1.54, 1.807) is 6.07 Å². The maximum Gasteiger partial charge on any atom is 0.146 e. The summed E-state index contributed by atoms with van der Waals surface area (Å²) in [5.41, 5.74) is 7.28. The van der Waals surface area contributed by atoms with Crippen molar-refractivity contribution in [3.63, 3.8) is 0 Å². The summed E-state index contributed by atoms with van der Waals surface area (Å²) >= 11 is 0. The first-order valence-electron chi connectivity index (χ1n) is 6.98. The van der Waals surface area contributed by atoms with Gasteiger partial charge >= 0.3 is 0 Å². The van der Waals surface area contributed by atoms with Crippen LogP contribution in [-0.2, 0) is 0 Å². The van der Waals surface area contributed by atoms with Crippen molar-refractivity contribution < 1.29 is 9.50 Å². The maximum absolute atomic E-state index is 14.2. The van der Waals surface area contributed by atoms with Crippen molar-refractivity contribution >= 4 is 5.69 Å². The second-order valence-corrected chi connectivity index (χ2v) is 4.85. The number of nitrogens with two attached hydrogens (primary N) is 1. The molecule has 1 rings (SSSR count). The number of rotatable bonds is 7. The van der Waals surface area contributed by atoms with Gasteiger partial charge in [0.25, 0.3) is 0 Å². The molecule has 0 amide bonds. The number of aliphatic hydroxyl groups is 1. The third-order valence-electron chi connectivity index (χ3n) is 3.52. The fourth-order valence-corrected chi connectivity index (χ4v) is 2.52. The summed E-state index contributed by atoms with van der Waals surface area (Å²) in [6.45, 7) is 6.42. The van der Waals surface area contributed by atoms with Gasteiger partial charge in [-0.25, -0.2) is 4.39 Å². The number of para-hydroxylation sites is 1. The Morgan fingerprint density at radius 3 is 2.42 bits per heavy atom. The Balaban J connectivity index is 3.28. The molecule has 0 bridgehead atoms. The van der Waals surface area contributed by atoms with Crippen LogP contribution in [0.25, 0.3) is 0 Å². The van der Waals surface area contributed by atoms with Crippen LogP contribution in [0.5, 0.6) is 0 Å². The molecule has 1 aromatic rings. The van der Waals surface area contributed by atoms with Gasteiger partial charge in [-0.05, 0) is 31.4 Å². The first kappa shape index (κ1) is 15.9. The van der Waals surface area contributed by atoms with Crippen LogP contribution in [0.3, 0.4) is 0 Å². The first-order valence-corrected chi connectivity index (χ1v) is 6.98. The van der Waals surface area contributed by atoms with Crippen molar-refractivity contribution in [2.45, 2.75) is 45.7 Å². The minimum Gasteiger partial charge on any atom is -0.395 e. The monoisotopic (exact) mass is 268 g/mol. The lowest BCUT2D eigenvalue weighted by Crippen LogP contribution is -2.38. The lowest BCUT2D eigenvalue weighted by atomic mass is 10.0. The minimum atomic E-state index is -0.268. The summed E-state index contributed by atoms with van der Waals surface area (Å²) in [5.74, 6) is -0.268. The zero-order valence-electron chi connectivity index (χ0n) is 12.1. The molecule has 1 aromatic carbocycles. The van der Waals surface area contributed by atoms with Crippen molar-refractivity contribution in [3.8, 4) is 0 Å². The normalized spacial score (nSPS) is 12.8. The third-order valence-corrected chi connectivity index (χ3v) is 3.52. The van der Waals surface area contributed by atoms with Crippen molar-refractivity contribution in [1.29, 1.82) is 0 Å². The zero-order valence-corrected chi connectivity index (χ0v) is 12.1. The van der Waals surface area contributed by atoms with Gasteiger partial charge in [0.2, 0.25) is 0 Å². The average Bonchev–Trinajstić information content (AvgIpc) is 2.39. The molecule has 4 heteroatoms. The molecule has 0 saturated carbocycles. The van der Waals surface area contributed by atoms with Crippen molar-refractivity contribution in [2.75, 3.05) is 18.1 Å². The largest absolute Gasteiger partial charge is 0.395 e. The molecule has 3 nitrogen and oxygen atoms in total. The predicted molar refractivity (Wildman–Crippen MR) is 77.8 cm³/mol. The van der Waals surface area contributed by atoms with E-state index < -0.39 is 0 Å². The number of hydrogen-bond acceptors (Lipinski definition) is 3. The van der Waals surface area contributed by atoms with Crippen LogP contribution in [0.2, 0.25) is 0 Å². The van der Waals surface area contributed by atoms with Gasteiger partial charge in [0.15, 0.2) is 0 Å². The summed E-state index contributed by atoms with van der Waals surface area (Å²) < 4.78 is 14.2. The second-order valence-electron chi connectivity index (χ2n) is 4.85. The molecule has 1 atom stereocenters. The zero-order chi connectivity index (χ0) is 14.4. The van der Waals surface area contributed by atoms with E-state index in [4.69, 9.17) is 5.73 Å². The van der Waals surface area contributed by atoms with Crippen LogP contribution < -0.4 is 10.6 Å². The highest BCUT2D eigenvalue weighted by molar-refractivity contribution is 5.57. The molecule has 0 spiro atoms. The van der Waals surface area contributed by atoms with E-state index in [0.717, 1.165) is 18.4 Å². The highest BCUT2D eigenvalue weighted by Gasteiger charge is 2.22. The molecule has 0 fully saturated rings. The van der Waals surface area contributed by atoms with Gasteiger partial charge in [-0.1, -0.05) is 26.0 Å². The number of aliphatic hydroxyl groups excluding tert-OH is 1. The molecule has 0 heterocycles. The molecule has 108 valence electrons. The Kier molecular flexibility index (Phi) is 6.25. The highest BCUT2D eigenvalue weighted by atomic mass is 19.1. The highest BCUT2D eigenvalue weighted by Crippen LogP contribution is 2.31.